The van der Waals surface area contributed by atoms with Gasteiger partial charge in [0, 0.05) is 20.1 Å². The molecule has 3 aliphatic heterocycles. The number of imidazole rings is 3. The van der Waals surface area contributed by atoms with Crippen LogP contribution in [0.3, 0.4) is 0 Å². The highest BCUT2D eigenvalue weighted by Gasteiger charge is 2.52. The maximum absolute atomic E-state index is 13.2. The zero-order valence-corrected chi connectivity index (χ0v) is 41.7. The molecule has 0 saturated carbocycles. The number of nitrogens with one attached hydrogen (secondary N) is 2. The molecule has 37 nitrogen and oxygen atoms in total. The third-order valence-corrected chi connectivity index (χ3v) is 16.3. The topological polar surface area (TPSA) is 517 Å². The summed E-state index contributed by atoms with van der Waals surface area (Å²) < 4.78 is 103. The van der Waals surface area contributed by atoms with Crippen LogP contribution in [0.25, 0.3) is 33.5 Å². The van der Waals surface area contributed by atoms with E-state index in [1.165, 1.54) is 52.2 Å². The van der Waals surface area contributed by atoms with Crippen LogP contribution in [0, 0.1) is 5.92 Å². The number of nitrogens with zero attached hydrogens (tertiary/aromatic N) is 10. The Balaban J connectivity index is 0.843. The summed E-state index contributed by atoms with van der Waals surface area (Å²) in [6, 6.07) is 0. The summed E-state index contributed by atoms with van der Waals surface area (Å²) in [7, 11) is -13.9. The number of fused-ring (bicyclic) bond motifs is 3. The van der Waals surface area contributed by atoms with Crippen LogP contribution in [-0.4, -0.2) is 175 Å². The first-order chi connectivity index (χ1) is 35.5. The average molecular weight is 1120 g/mol. The summed E-state index contributed by atoms with van der Waals surface area (Å²) in [6.45, 7) is -3.32. The van der Waals surface area contributed by atoms with E-state index in [0.717, 1.165) is 12.7 Å². The molecule has 0 aliphatic carbocycles. The summed E-state index contributed by atoms with van der Waals surface area (Å²) in [4.78, 5) is 88.0. The number of phosphoric acid groups is 3. The van der Waals surface area contributed by atoms with Gasteiger partial charge in [-0.1, -0.05) is 0 Å². The standard InChI is InChI=1S/C35H48N15O22P3/c1-47-11-50(28-19(47)30(55)46-35(38)44-28)31-20(51)13(4-62-2)14(68-31)6-66-73(56,57)71-75(60,61)72-74(58,59)67-7-16-23(24(63-3)33(70-16)48-9-41-17-25(36)39-8-40-26(17)48)65-12-64-5-15-21(52)22(53)32(69-15)49-10-42-18-27(49)43-34(37)45-29(18)54/h8-11,13-16,20-24,31-33,51-53H,4-7,12H2,1-3H3,(H10-,36,37,38,39,40,43,44,45,46,54,55,56,57,58,59,60,61)/t13-,14-,15-,16-,20-,21-,22-,23-,24-,31-,32-,33-/m1/s1. The van der Waals surface area contributed by atoms with E-state index >= 15 is 0 Å². The second-order valence-corrected chi connectivity index (χ2v) is 21.5. The second-order valence-electron chi connectivity index (χ2n) is 16.9. The highest BCUT2D eigenvalue weighted by atomic mass is 31.3. The average Bonchev–Trinajstić information content (AvgIpc) is 4.19. The lowest BCUT2D eigenvalue weighted by atomic mass is 9.99. The van der Waals surface area contributed by atoms with E-state index in [-0.39, 0.29) is 57.8 Å². The number of ether oxygens (including phenoxy) is 7. The minimum Gasteiger partial charge on any atom is -0.756 e. The third-order valence-electron chi connectivity index (χ3n) is 12.1. The molecule has 15 atom stereocenters. The first kappa shape index (κ1) is 54.4. The van der Waals surface area contributed by atoms with Crippen LogP contribution < -0.4 is 37.8 Å². The van der Waals surface area contributed by atoms with Crippen LogP contribution in [0.1, 0.15) is 18.7 Å². The largest absolute Gasteiger partial charge is 0.756 e. The van der Waals surface area contributed by atoms with Crippen LogP contribution >= 0.6 is 23.5 Å². The SMILES string of the molecule is COC[C@H]1[C@@H](O)[C@H](n2c[n+](C)c3c(=O)[nH]c(N)nc32)O[C@@H]1COP(=O)([O-])OP(=O)(O)OP(=O)(O)OC[C@H]1O[C@@H](n2cnc3c(N)ncnc32)[C@H](OC)[C@@H]1OCOC[C@H]1O[C@@H](n2cnc3c(=O)[nH]c(N)nc32)[C@H](O)[C@@H]1O. The van der Waals surface area contributed by atoms with Crippen molar-refractivity contribution in [1.29, 1.82) is 0 Å². The monoisotopic (exact) mass is 1120 g/mol. The summed E-state index contributed by atoms with van der Waals surface area (Å²) in [5.74, 6) is -1.52. The van der Waals surface area contributed by atoms with Crippen LogP contribution in [0.15, 0.2) is 34.9 Å². The van der Waals surface area contributed by atoms with E-state index in [9.17, 15) is 53.3 Å². The fourth-order valence-electron chi connectivity index (χ4n) is 8.78. The molecular formula is C35H48N15O22P3. The van der Waals surface area contributed by atoms with Crippen molar-refractivity contribution >= 4 is 74.7 Å². The highest BCUT2D eigenvalue weighted by molar-refractivity contribution is 7.66. The maximum Gasteiger partial charge on any atom is 0.487 e. The van der Waals surface area contributed by atoms with E-state index in [4.69, 9.17) is 59.4 Å². The van der Waals surface area contributed by atoms with Crippen molar-refractivity contribution in [3.05, 3.63) is 46.0 Å². The molecule has 13 N–H and O–H groups in total. The van der Waals surface area contributed by atoms with Crippen LogP contribution in [0.5, 0.6) is 0 Å². The Morgan fingerprint density at radius 3 is 2.08 bits per heavy atom. The Hall–Kier alpha value is -5.34. The highest BCUT2D eigenvalue weighted by Crippen LogP contribution is 2.66. The normalized spacial score (nSPS) is 29.6. The molecule has 6 aromatic heterocycles. The molecule has 3 saturated heterocycles. The number of nitrogen functional groups attached to an aromatic ring is 3. The molecule has 0 radical (unpaired) electrons. The van der Waals surface area contributed by atoms with Gasteiger partial charge in [-0.05, 0) is 0 Å². The van der Waals surface area contributed by atoms with E-state index in [1.807, 2.05) is 0 Å². The zero-order valence-electron chi connectivity index (χ0n) is 39.0. The number of rotatable bonds is 21. The number of aliphatic hydroxyl groups is 3. The maximum atomic E-state index is 13.2. The molecule has 0 bridgehead atoms. The Morgan fingerprint density at radius 2 is 1.36 bits per heavy atom. The minimum absolute atomic E-state index is 0.00204. The summed E-state index contributed by atoms with van der Waals surface area (Å²) in [5, 5.41) is 33.0. The molecule has 0 spiro atoms. The molecule has 0 amide bonds. The van der Waals surface area contributed by atoms with Gasteiger partial charge >= 0.3 is 21.2 Å². The molecular weight excluding hydrogens is 1080 g/mol. The number of aromatic amines is 2. The fraction of sp³-hybridized carbons (Fsp3) is 0.571. The van der Waals surface area contributed by atoms with E-state index < -0.39 is 135 Å². The number of hydrogen-bond donors (Lipinski definition) is 10. The zero-order chi connectivity index (χ0) is 53.9. The van der Waals surface area contributed by atoms with Gasteiger partial charge in [0.2, 0.25) is 24.5 Å². The number of anilines is 3. The molecule has 40 heteroatoms. The van der Waals surface area contributed by atoms with Crippen LogP contribution in [-0.2, 0) is 71.6 Å². The molecule has 3 fully saturated rings. The quantitative estimate of drug-likeness (QED) is 0.0140. The Kier molecular flexibility index (Phi) is 15.4. The lowest BCUT2D eigenvalue weighted by molar-refractivity contribution is -0.646. The predicted molar refractivity (Wildman–Crippen MR) is 241 cm³/mol. The fourth-order valence-corrected chi connectivity index (χ4v) is 12.3. The van der Waals surface area contributed by atoms with Gasteiger partial charge in [-0.3, -0.25) is 37.8 Å². The number of aromatic nitrogens is 12. The number of methoxy groups -OCH3 is 2. The Labute approximate surface area is 417 Å². The number of phosphoric ester groups is 2. The predicted octanol–water partition coefficient (Wildman–Crippen LogP) is -4.58. The smallest absolute Gasteiger partial charge is 0.487 e. The van der Waals surface area contributed by atoms with Gasteiger partial charge in [-0.2, -0.15) is 18.8 Å². The van der Waals surface area contributed by atoms with Gasteiger partial charge in [-0.15, -0.1) is 0 Å². The summed E-state index contributed by atoms with van der Waals surface area (Å²) >= 11 is 0. The first-order valence-corrected chi connectivity index (χ1v) is 26.3. The number of hydrogen-bond acceptors (Lipinski definition) is 29. The van der Waals surface area contributed by atoms with E-state index in [2.05, 4.69) is 48.5 Å². The Morgan fingerprint density at radius 1 is 0.720 bits per heavy atom. The van der Waals surface area contributed by atoms with Gasteiger partial charge < -0.3 is 84.9 Å². The number of aryl methyl sites for hydroxylation is 1. The molecule has 410 valence electrons. The number of nitrogens with two attached hydrogens (primary N) is 3. The summed E-state index contributed by atoms with van der Waals surface area (Å²) in [6.07, 6.45) is -10.0. The van der Waals surface area contributed by atoms with E-state index in [1.54, 1.807) is 0 Å². The third kappa shape index (κ3) is 11.0. The van der Waals surface area contributed by atoms with Gasteiger partial charge in [0.25, 0.3) is 24.5 Å². The van der Waals surface area contributed by atoms with Crippen molar-refractivity contribution in [2.45, 2.75) is 67.5 Å². The number of aliphatic hydroxyl groups excluding tert-OH is 3. The van der Waals surface area contributed by atoms with Crippen molar-refractivity contribution in [2.24, 2.45) is 13.0 Å². The van der Waals surface area contributed by atoms with Crippen LogP contribution in [0.4, 0.5) is 17.7 Å². The van der Waals surface area contributed by atoms with Crippen molar-refractivity contribution in [2.75, 3.05) is 64.6 Å². The van der Waals surface area contributed by atoms with E-state index in [0.29, 0.717) is 0 Å². The van der Waals surface area contributed by atoms with Gasteiger partial charge in [0.05, 0.1) is 52.2 Å². The molecule has 3 aliphatic rings. The molecule has 3 unspecified atom stereocenters. The minimum atomic E-state index is -6.14. The molecule has 6 aromatic rings. The molecule has 0 aromatic carbocycles. The summed E-state index contributed by atoms with van der Waals surface area (Å²) in [5.41, 5.74) is 16.3. The number of H-pyrrole nitrogens is 2. The van der Waals surface area contributed by atoms with Crippen molar-refractivity contribution in [1.82, 2.24) is 53.6 Å². The second kappa shape index (κ2) is 21.2. The van der Waals surface area contributed by atoms with Crippen molar-refractivity contribution in [3.8, 4) is 0 Å². The van der Waals surface area contributed by atoms with Crippen LogP contribution in [0.2, 0.25) is 0 Å². The lowest BCUT2D eigenvalue weighted by Crippen LogP contribution is -2.39. The first-order valence-electron chi connectivity index (χ1n) is 21.8. The van der Waals surface area contributed by atoms with Gasteiger partial charge in [0.1, 0.15) is 61.4 Å². The molecule has 75 heavy (non-hydrogen) atoms. The lowest BCUT2D eigenvalue weighted by Gasteiger charge is -2.27. The Bertz CT molecular complexity index is 3340. The van der Waals surface area contributed by atoms with Crippen molar-refractivity contribution < 1.29 is 99.1 Å². The van der Waals surface area contributed by atoms with Crippen molar-refractivity contribution in [3.63, 3.8) is 0 Å². The van der Waals surface area contributed by atoms with Gasteiger partial charge in [0.15, 0.2) is 35.1 Å². The van der Waals surface area contributed by atoms with Gasteiger partial charge in [-0.25, -0.2) is 37.9 Å². The molecule has 9 rings (SSSR count). The molecule has 9 heterocycles.